The standard InChI is InChI=1S/C22H26O6/c1-22(2,3)15-9-7-14(8-10-15)17(23)13-28-21(24)16-11-19(26-5)20(27-6)12-18(16)25-4/h7-12H,13H2,1-6H3. The van der Waals surface area contributed by atoms with Crippen LogP contribution in [0.1, 0.15) is 47.1 Å². The summed E-state index contributed by atoms with van der Waals surface area (Å²) < 4.78 is 20.8. The molecule has 0 radical (unpaired) electrons. The number of methoxy groups -OCH3 is 3. The van der Waals surface area contributed by atoms with E-state index in [1.165, 1.54) is 33.5 Å². The summed E-state index contributed by atoms with van der Waals surface area (Å²) in [4.78, 5) is 24.8. The van der Waals surface area contributed by atoms with Gasteiger partial charge in [0.2, 0.25) is 0 Å². The number of hydrogen-bond acceptors (Lipinski definition) is 6. The van der Waals surface area contributed by atoms with Crippen molar-refractivity contribution in [1.29, 1.82) is 0 Å². The van der Waals surface area contributed by atoms with Crippen LogP contribution >= 0.6 is 0 Å². The lowest BCUT2D eigenvalue weighted by molar-refractivity contribution is 0.0471. The van der Waals surface area contributed by atoms with Gasteiger partial charge >= 0.3 is 5.97 Å². The van der Waals surface area contributed by atoms with Gasteiger partial charge < -0.3 is 18.9 Å². The Kier molecular flexibility index (Phi) is 6.67. The largest absolute Gasteiger partial charge is 0.496 e. The minimum Gasteiger partial charge on any atom is -0.496 e. The predicted octanol–water partition coefficient (Wildman–Crippen LogP) is 4.05. The Bertz CT molecular complexity index is 847. The quantitative estimate of drug-likeness (QED) is 0.528. The van der Waals surface area contributed by atoms with Gasteiger partial charge in [-0.05, 0) is 11.0 Å². The lowest BCUT2D eigenvalue weighted by Crippen LogP contribution is -2.16. The summed E-state index contributed by atoms with van der Waals surface area (Å²) in [6, 6.07) is 10.3. The first kappa shape index (κ1) is 21.3. The van der Waals surface area contributed by atoms with E-state index in [1.54, 1.807) is 12.1 Å². The Labute approximate surface area is 165 Å². The summed E-state index contributed by atoms with van der Waals surface area (Å²) in [6.45, 7) is 5.93. The molecule has 6 heteroatoms. The number of carbonyl (C=O) groups is 2. The van der Waals surface area contributed by atoms with Crippen LogP contribution in [-0.4, -0.2) is 39.7 Å². The zero-order valence-electron chi connectivity index (χ0n) is 17.1. The molecule has 0 aromatic heterocycles. The minimum absolute atomic E-state index is 0.00197. The molecule has 0 amide bonds. The molecule has 0 heterocycles. The Morgan fingerprint density at radius 1 is 0.821 bits per heavy atom. The molecule has 150 valence electrons. The first-order valence-corrected chi connectivity index (χ1v) is 8.82. The molecule has 0 aliphatic heterocycles. The first-order chi connectivity index (χ1) is 13.2. The summed E-state index contributed by atoms with van der Waals surface area (Å²) in [5.41, 5.74) is 1.75. The second-order valence-electron chi connectivity index (χ2n) is 7.23. The SMILES string of the molecule is COc1cc(OC)c(C(=O)OCC(=O)c2ccc(C(C)(C)C)cc2)cc1OC. The molecule has 0 saturated carbocycles. The van der Waals surface area contributed by atoms with E-state index in [-0.39, 0.29) is 29.1 Å². The van der Waals surface area contributed by atoms with Gasteiger partial charge in [-0.3, -0.25) is 4.79 Å². The predicted molar refractivity (Wildman–Crippen MR) is 106 cm³/mol. The number of benzene rings is 2. The van der Waals surface area contributed by atoms with E-state index in [0.29, 0.717) is 17.1 Å². The van der Waals surface area contributed by atoms with Gasteiger partial charge in [-0.15, -0.1) is 0 Å². The van der Waals surface area contributed by atoms with Crippen molar-refractivity contribution in [2.45, 2.75) is 26.2 Å². The topological polar surface area (TPSA) is 71.1 Å². The van der Waals surface area contributed by atoms with Crippen LogP contribution in [0.2, 0.25) is 0 Å². The highest BCUT2D eigenvalue weighted by molar-refractivity contribution is 6.00. The molecule has 0 bridgehead atoms. The highest BCUT2D eigenvalue weighted by Gasteiger charge is 2.20. The van der Waals surface area contributed by atoms with Crippen molar-refractivity contribution in [2.75, 3.05) is 27.9 Å². The maximum atomic E-state index is 12.5. The number of carbonyl (C=O) groups excluding carboxylic acids is 2. The first-order valence-electron chi connectivity index (χ1n) is 8.82. The van der Waals surface area contributed by atoms with Crippen molar-refractivity contribution in [3.63, 3.8) is 0 Å². The molecule has 0 spiro atoms. The van der Waals surface area contributed by atoms with E-state index in [0.717, 1.165) is 5.56 Å². The lowest BCUT2D eigenvalue weighted by atomic mass is 9.86. The third-order valence-electron chi connectivity index (χ3n) is 4.33. The van der Waals surface area contributed by atoms with Crippen LogP contribution in [0.3, 0.4) is 0 Å². The van der Waals surface area contributed by atoms with Crippen LogP contribution in [0, 0.1) is 0 Å². The van der Waals surface area contributed by atoms with Gasteiger partial charge in [0, 0.05) is 17.7 Å². The Hall–Kier alpha value is -3.02. The van der Waals surface area contributed by atoms with Crippen LogP contribution in [0.25, 0.3) is 0 Å². The zero-order valence-corrected chi connectivity index (χ0v) is 17.1. The third kappa shape index (κ3) is 4.82. The average molecular weight is 386 g/mol. The number of ketones is 1. The Balaban J connectivity index is 2.12. The summed E-state index contributed by atoms with van der Waals surface area (Å²) in [5, 5.41) is 0. The number of ether oxygens (including phenoxy) is 4. The second kappa shape index (κ2) is 8.78. The van der Waals surface area contributed by atoms with Crippen molar-refractivity contribution < 1.29 is 28.5 Å². The molecule has 28 heavy (non-hydrogen) atoms. The lowest BCUT2D eigenvalue weighted by Gasteiger charge is -2.19. The summed E-state index contributed by atoms with van der Waals surface area (Å²) >= 11 is 0. The van der Waals surface area contributed by atoms with Gasteiger partial charge in [0.15, 0.2) is 23.9 Å². The monoisotopic (exact) mass is 386 g/mol. The molecular formula is C22H26O6. The number of esters is 1. The fourth-order valence-electron chi connectivity index (χ4n) is 2.64. The van der Waals surface area contributed by atoms with Gasteiger partial charge in [-0.2, -0.15) is 0 Å². The molecule has 0 N–H and O–H groups in total. The fourth-order valence-corrected chi connectivity index (χ4v) is 2.64. The fraction of sp³-hybridized carbons (Fsp3) is 0.364. The van der Waals surface area contributed by atoms with E-state index in [9.17, 15) is 9.59 Å². The van der Waals surface area contributed by atoms with Crippen molar-refractivity contribution in [3.8, 4) is 17.2 Å². The third-order valence-corrected chi connectivity index (χ3v) is 4.33. The van der Waals surface area contributed by atoms with E-state index in [2.05, 4.69) is 20.8 Å². The van der Waals surface area contributed by atoms with Crippen molar-refractivity contribution in [1.82, 2.24) is 0 Å². The summed E-state index contributed by atoms with van der Waals surface area (Å²) in [5.74, 6) is 0.0839. The molecule has 0 fully saturated rings. The van der Waals surface area contributed by atoms with Gasteiger partial charge in [-0.25, -0.2) is 4.79 Å². The normalized spacial score (nSPS) is 10.9. The maximum absolute atomic E-state index is 12.5. The van der Waals surface area contributed by atoms with Crippen LogP contribution in [-0.2, 0) is 10.2 Å². The molecule has 6 nitrogen and oxygen atoms in total. The van der Waals surface area contributed by atoms with Gasteiger partial charge in [0.1, 0.15) is 11.3 Å². The minimum atomic E-state index is -0.683. The Morgan fingerprint density at radius 3 is 1.86 bits per heavy atom. The molecule has 0 saturated heterocycles. The van der Waals surface area contributed by atoms with E-state index in [1.807, 2.05) is 12.1 Å². The highest BCUT2D eigenvalue weighted by atomic mass is 16.5. The summed E-state index contributed by atoms with van der Waals surface area (Å²) in [7, 11) is 4.38. The number of Topliss-reactive ketones (excluding diaryl/α,β-unsaturated/α-hetero) is 1. The molecule has 0 aliphatic carbocycles. The second-order valence-corrected chi connectivity index (χ2v) is 7.23. The molecule has 0 aliphatic rings. The van der Waals surface area contributed by atoms with Gasteiger partial charge in [0.05, 0.1) is 21.3 Å². The molecule has 2 aromatic rings. The molecule has 2 aromatic carbocycles. The highest BCUT2D eigenvalue weighted by Crippen LogP contribution is 2.35. The van der Waals surface area contributed by atoms with Gasteiger partial charge in [-0.1, -0.05) is 45.0 Å². The maximum Gasteiger partial charge on any atom is 0.342 e. The Morgan fingerprint density at radius 2 is 1.36 bits per heavy atom. The number of rotatable bonds is 7. The zero-order chi connectivity index (χ0) is 20.9. The van der Waals surface area contributed by atoms with Crippen molar-refractivity contribution in [3.05, 3.63) is 53.1 Å². The average Bonchev–Trinajstić information content (AvgIpc) is 2.69. The van der Waals surface area contributed by atoms with Crippen LogP contribution in [0.4, 0.5) is 0 Å². The molecule has 0 unspecified atom stereocenters. The number of hydrogen-bond donors (Lipinski definition) is 0. The van der Waals surface area contributed by atoms with E-state index in [4.69, 9.17) is 18.9 Å². The van der Waals surface area contributed by atoms with Crippen LogP contribution in [0.5, 0.6) is 17.2 Å². The van der Waals surface area contributed by atoms with E-state index >= 15 is 0 Å². The van der Waals surface area contributed by atoms with Crippen molar-refractivity contribution in [2.24, 2.45) is 0 Å². The molecule has 0 atom stereocenters. The summed E-state index contributed by atoms with van der Waals surface area (Å²) in [6.07, 6.45) is 0. The molecule has 2 rings (SSSR count). The van der Waals surface area contributed by atoms with E-state index < -0.39 is 5.97 Å². The smallest absolute Gasteiger partial charge is 0.342 e. The van der Waals surface area contributed by atoms with Crippen molar-refractivity contribution >= 4 is 11.8 Å². The van der Waals surface area contributed by atoms with Gasteiger partial charge in [0.25, 0.3) is 0 Å². The molecular weight excluding hydrogens is 360 g/mol. The van der Waals surface area contributed by atoms with Crippen LogP contribution < -0.4 is 14.2 Å². The van der Waals surface area contributed by atoms with Crippen LogP contribution in [0.15, 0.2) is 36.4 Å².